The van der Waals surface area contributed by atoms with Crippen LogP contribution in [0.4, 0.5) is 0 Å². The predicted molar refractivity (Wildman–Crippen MR) is 97.0 cm³/mol. The third-order valence-corrected chi connectivity index (χ3v) is 4.71. The Balaban J connectivity index is 1.96. The molecule has 0 bridgehead atoms. The Bertz CT molecular complexity index is 623. The molecule has 2 amide bonds. The number of aryl methyl sites for hydroxylation is 2. The van der Waals surface area contributed by atoms with E-state index in [1.165, 1.54) is 0 Å². The fourth-order valence-corrected chi connectivity index (χ4v) is 3.40. The smallest absolute Gasteiger partial charge is 0.237 e. The van der Waals surface area contributed by atoms with Crippen LogP contribution in [0.2, 0.25) is 0 Å². The van der Waals surface area contributed by atoms with Crippen LogP contribution in [0.15, 0.2) is 0 Å². The van der Waals surface area contributed by atoms with Crippen molar-refractivity contribution < 1.29 is 9.59 Å². The topological polar surface area (TPSA) is 79.3 Å². The minimum Gasteiger partial charge on any atom is -0.353 e. The summed E-state index contributed by atoms with van der Waals surface area (Å²) in [6, 6.07) is -0.378. The van der Waals surface area contributed by atoms with Crippen molar-refractivity contribution in [2.75, 3.05) is 19.6 Å². The molecule has 7 heteroatoms. The first-order valence-electron chi connectivity index (χ1n) is 9.14. The molecule has 0 unspecified atom stereocenters. The standard InChI is InChI=1S/C18H31N5O2/c1-6-23-14(5)15(13(4)21-23)10-20-17(24)9-16-18(25)19-7-8-22(16)11-12(2)3/h12,16H,6-11H2,1-5H3,(H,19,25)(H,20,24)/t16-/m1/s1. The van der Waals surface area contributed by atoms with Crippen molar-refractivity contribution in [3.63, 3.8) is 0 Å². The van der Waals surface area contributed by atoms with E-state index in [9.17, 15) is 9.59 Å². The molecular formula is C18H31N5O2. The van der Waals surface area contributed by atoms with Crippen LogP contribution in [0.3, 0.4) is 0 Å². The van der Waals surface area contributed by atoms with Crippen LogP contribution in [0.5, 0.6) is 0 Å². The number of carbonyl (C=O) groups is 2. The second kappa shape index (κ2) is 8.47. The van der Waals surface area contributed by atoms with Gasteiger partial charge in [-0.15, -0.1) is 0 Å². The van der Waals surface area contributed by atoms with Crippen LogP contribution < -0.4 is 10.6 Å². The highest BCUT2D eigenvalue weighted by molar-refractivity contribution is 5.88. The van der Waals surface area contributed by atoms with Crippen molar-refractivity contribution >= 4 is 11.8 Å². The summed E-state index contributed by atoms with van der Waals surface area (Å²) in [5.74, 6) is 0.314. The molecule has 2 rings (SSSR count). The number of carbonyl (C=O) groups excluding carboxylic acids is 2. The molecule has 0 aliphatic carbocycles. The minimum absolute atomic E-state index is 0.0480. The van der Waals surface area contributed by atoms with Gasteiger partial charge in [-0.3, -0.25) is 19.2 Å². The molecule has 1 fully saturated rings. The number of nitrogens with one attached hydrogen (secondary N) is 2. The largest absolute Gasteiger partial charge is 0.353 e. The van der Waals surface area contributed by atoms with Crippen LogP contribution in [0.25, 0.3) is 0 Å². The van der Waals surface area contributed by atoms with Gasteiger partial charge in [0.25, 0.3) is 0 Å². The summed E-state index contributed by atoms with van der Waals surface area (Å²) in [6.07, 6.45) is 0.193. The van der Waals surface area contributed by atoms with E-state index in [1.54, 1.807) is 0 Å². The highest BCUT2D eigenvalue weighted by Gasteiger charge is 2.31. The molecule has 0 radical (unpaired) electrons. The van der Waals surface area contributed by atoms with E-state index in [0.29, 0.717) is 19.0 Å². The molecular weight excluding hydrogens is 318 g/mol. The summed E-state index contributed by atoms with van der Waals surface area (Å²) in [4.78, 5) is 26.7. The van der Waals surface area contributed by atoms with E-state index >= 15 is 0 Å². The van der Waals surface area contributed by atoms with Gasteiger partial charge in [0, 0.05) is 44.0 Å². The second-order valence-corrected chi connectivity index (χ2v) is 7.14. The van der Waals surface area contributed by atoms with Crippen LogP contribution in [0.1, 0.15) is 44.1 Å². The van der Waals surface area contributed by atoms with Crippen molar-refractivity contribution in [2.45, 2.75) is 60.2 Å². The van der Waals surface area contributed by atoms with Crippen molar-refractivity contribution in [1.82, 2.24) is 25.3 Å². The summed E-state index contributed by atoms with van der Waals surface area (Å²) in [5.41, 5.74) is 3.08. The fraction of sp³-hybridized carbons (Fsp3) is 0.722. The molecule has 1 aromatic heterocycles. The van der Waals surface area contributed by atoms with Crippen molar-refractivity contribution in [1.29, 1.82) is 0 Å². The van der Waals surface area contributed by atoms with Gasteiger partial charge in [0.15, 0.2) is 0 Å². The molecule has 1 aromatic rings. The summed E-state index contributed by atoms with van der Waals surface area (Å²) in [6.45, 7) is 13.8. The number of hydrogen-bond donors (Lipinski definition) is 2. The van der Waals surface area contributed by atoms with Gasteiger partial charge >= 0.3 is 0 Å². The molecule has 0 saturated carbocycles. The van der Waals surface area contributed by atoms with Crippen LogP contribution in [-0.4, -0.2) is 52.2 Å². The lowest BCUT2D eigenvalue weighted by molar-refractivity contribution is -0.134. The van der Waals surface area contributed by atoms with Gasteiger partial charge < -0.3 is 10.6 Å². The molecule has 7 nitrogen and oxygen atoms in total. The van der Waals surface area contributed by atoms with Crippen molar-refractivity contribution in [3.05, 3.63) is 17.0 Å². The third kappa shape index (κ3) is 4.81. The van der Waals surface area contributed by atoms with Gasteiger partial charge in [0.1, 0.15) is 0 Å². The zero-order valence-corrected chi connectivity index (χ0v) is 16.1. The zero-order chi connectivity index (χ0) is 18.6. The first kappa shape index (κ1) is 19.4. The van der Waals surface area contributed by atoms with E-state index in [1.807, 2.05) is 25.5 Å². The number of aromatic nitrogens is 2. The van der Waals surface area contributed by atoms with E-state index < -0.39 is 0 Å². The second-order valence-electron chi connectivity index (χ2n) is 7.14. The number of hydrogen-bond acceptors (Lipinski definition) is 4. The Labute approximate surface area is 150 Å². The van der Waals surface area contributed by atoms with Crippen LogP contribution in [0, 0.1) is 19.8 Å². The Morgan fingerprint density at radius 3 is 2.72 bits per heavy atom. The molecule has 2 heterocycles. The average molecular weight is 349 g/mol. The van der Waals surface area contributed by atoms with E-state index in [4.69, 9.17) is 0 Å². The molecule has 25 heavy (non-hydrogen) atoms. The molecule has 1 aliphatic rings. The van der Waals surface area contributed by atoms with E-state index in [2.05, 4.69) is 34.5 Å². The first-order chi connectivity index (χ1) is 11.8. The van der Waals surface area contributed by atoms with Gasteiger partial charge in [-0.05, 0) is 26.7 Å². The van der Waals surface area contributed by atoms with E-state index in [0.717, 1.165) is 36.6 Å². The lowest BCUT2D eigenvalue weighted by Crippen LogP contribution is -2.57. The minimum atomic E-state index is -0.378. The average Bonchev–Trinajstić information content (AvgIpc) is 2.82. The Morgan fingerprint density at radius 1 is 1.40 bits per heavy atom. The predicted octanol–water partition coefficient (Wildman–Crippen LogP) is 0.983. The van der Waals surface area contributed by atoms with Gasteiger partial charge in [-0.1, -0.05) is 13.8 Å². The highest BCUT2D eigenvalue weighted by atomic mass is 16.2. The molecule has 1 saturated heterocycles. The maximum absolute atomic E-state index is 12.4. The van der Waals surface area contributed by atoms with Gasteiger partial charge in [-0.2, -0.15) is 5.10 Å². The molecule has 0 aromatic carbocycles. The summed E-state index contributed by atoms with van der Waals surface area (Å²) in [5, 5.41) is 10.3. The normalized spacial score (nSPS) is 18.5. The molecule has 0 spiro atoms. The van der Waals surface area contributed by atoms with E-state index in [-0.39, 0.29) is 24.3 Å². The highest BCUT2D eigenvalue weighted by Crippen LogP contribution is 2.14. The SMILES string of the molecule is CCn1nc(C)c(CNC(=O)C[C@@H]2C(=O)NCCN2CC(C)C)c1C. The lowest BCUT2D eigenvalue weighted by atomic mass is 10.1. The molecule has 1 aliphatic heterocycles. The quantitative estimate of drug-likeness (QED) is 0.769. The van der Waals surface area contributed by atoms with Crippen molar-refractivity contribution in [3.8, 4) is 0 Å². The number of piperazine rings is 1. The summed E-state index contributed by atoms with van der Waals surface area (Å²) >= 11 is 0. The van der Waals surface area contributed by atoms with Gasteiger partial charge in [0.2, 0.25) is 11.8 Å². The molecule has 2 N–H and O–H groups in total. The van der Waals surface area contributed by atoms with Crippen LogP contribution >= 0.6 is 0 Å². The number of rotatable bonds is 7. The summed E-state index contributed by atoms with van der Waals surface area (Å²) < 4.78 is 1.94. The number of amides is 2. The first-order valence-corrected chi connectivity index (χ1v) is 9.14. The molecule has 1 atom stereocenters. The molecule has 140 valence electrons. The van der Waals surface area contributed by atoms with Crippen molar-refractivity contribution in [2.24, 2.45) is 5.92 Å². The Morgan fingerprint density at radius 2 is 2.12 bits per heavy atom. The van der Waals surface area contributed by atoms with Gasteiger partial charge in [0.05, 0.1) is 18.2 Å². The van der Waals surface area contributed by atoms with Gasteiger partial charge in [-0.25, -0.2) is 0 Å². The maximum Gasteiger partial charge on any atom is 0.237 e. The van der Waals surface area contributed by atoms with Crippen LogP contribution in [-0.2, 0) is 22.7 Å². The Hall–Kier alpha value is -1.89. The third-order valence-electron chi connectivity index (χ3n) is 4.71. The maximum atomic E-state index is 12.4. The monoisotopic (exact) mass is 349 g/mol. The fourth-order valence-electron chi connectivity index (χ4n) is 3.40. The lowest BCUT2D eigenvalue weighted by Gasteiger charge is -2.35. The summed E-state index contributed by atoms with van der Waals surface area (Å²) in [7, 11) is 0. The number of nitrogens with zero attached hydrogens (tertiary/aromatic N) is 3. The zero-order valence-electron chi connectivity index (χ0n) is 16.1. The Kier molecular flexibility index (Phi) is 6.58.